The first-order valence-electron chi connectivity index (χ1n) is 8.87. The van der Waals surface area contributed by atoms with Crippen molar-refractivity contribution in [3.05, 3.63) is 77.7 Å². The lowest BCUT2D eigenvalue weighted by Gasteiger charge is -2.22. The number of hydrogen-bond acceptors (Lipinski definition) is 5. The largest absolute Gasteiger partial charge is 0.340 e. The van der Waals surface area contributed by atoms with E-state index in [-0.39, 0.29) is 17.0 Å². The van der Waals surface area contributed by atoms with Crippen LogP contribution in [0.3, 0.4) is 0 Å². The Morgan fingerprint density at radius 3 is 2.43 bits per heavy atom. The Morgan fingerprint density at radius 2 is 1.75 bits per heavy atom. The highest BCUT2D eigenvalue weighted by Crippen LogP contribution is 2.29. The van der Waals surface area contributed by atoms with E-state index < -0.39 is 0 Å². The fourth-order valence-electron chi connectivity index (χ4n) is 2.76. The van der Waals surface area contributed by atoms with Crippen LogP contribution in [0.15, 0.2) is 60.9 Å². The van der Waals surface area contributed by atoms with E-state index in [1.54, 1.807) is 30.3 Å². The van der Waals surface area contributed by atoms with Crippen LogP contribution < -0.4 is 10.6 Å². The summed E-state index contributed by atoms with van der Waals surface area (Å²) in [5.41, 5.74) is 3.31. The van der Waals surface area contributed by atoms with Crippen LogP contribution in [0.4, 0.5) is 17.2 Å². The SMILES string of the molecule is CC(C)(C)c1ccccc1NC(=O)c1cc(Nc2ccc(C#N)cc2)ncn1. The lowest BCUT2D eigenvalue weighted by atomic mass is 9.86. The first-order chi connectivity index (χ1) is 13.4. The first-order valence-corrected chi connectivity index (χ1v) is 8.87. The number of carbonyl (C=O) groups is 1. The number of rotatable bonds is 4. The van der Waals surface area contributed by atoms with Gasteiger partial charge in [0.15, 0.2) is 0 Å². The van der Waals surface area contributed by atoms with Gasteiger partial charge in [0.1, 0.15) is 17.8 Å². The van der Waals surface area contributed by atoms with Crippen molar-refractivity contribution in [1.82, 2.24) is 9.97 Å². The lowest BCUT2D eigenvalue weighted by Crippen LogP contribution is -2.19. The zero-order valence-electron chi connectivity index (χ0n) is 16.0. The number of aromatic nitrogens is 2. The molecule has 0 spiro atoms. The molecule has 3 aromatic rings. The molecule has 0 aliphatic heterocycles. The van der Waals surface area contributed by atoms with E-state index >= 15 is 0 Å². The molecule has 0 atom stereocenters. The molecule has 2 N–H and O–H groups in total. The van der Waals surface area contributed by atoms with E-state index in [1.807, 2.05) is 24.3 Å². The van der Waals surface area contributed by atoms with Crippen molar-refractivity contribution >= 4 is 23.1 Å². The van der Waals surface area contributed by atoms with Gasteiger partial charge in [-0.1, -0.05) is 39.0 Å². The molecule has 6 nitrogen and oxygen atoms in total. The van der Waals surface area contributed by atoms with Gasteiger partial charge in [-0.2, -0.15) is 5.26 Å². The maximum Gasteiger partial charge on any atom is 0.274 e. The summed E-state index contributed by atoms with van der Waals surface area (Å²) in [6.07, 6.45) is 1.34. The topological polar surface area (TPSA) is 90.7 Å². The fourth-order valence-corrected chi connectivity index (χ4v) is 2.76. The van der Waals surface area contributed by atoms with Crippen molar-refractivity contribution < 1.29 is 4.79 Å². The van der Waals surface area contributed by atoms with Crippen LogP contribution in [0.1, 0.15) is 42.4 Å². The van der Waals surface area contributed by atoms with Gasteiger partial charge in [0.05, 0.1) is 11.6 Å². The molecule has 0 aliphatic carbocycles. The number of nitrogens with one attached hydrogen (secondary N) is 2. The van der Waals surface area contributed by atoms with Gasteiger partial charge in [-0.05, 0) is 41.3 Å². The average Bonchev–Trinajstić information content (AvgIpc) is 2.68. The van der Waals surface area contributed by atoms with E-state index in [4.69, 9.17) is 5.26 Å². The number of hydrogen-bond donors (Lipinski definition) is 2. The summed E-state index contributed by atoms with van der Waals surface area (Å²) >= 11 is 0. The first kappa shape index (κ1) is 19.1. The van der Waals surface area contributed by atoms with E-state index in [2.05, 4.69) is 47.4 Å². The Kier molecular flexibility index (Phi) is 5.37. The van der Waals surface area contributed by atoms with Crippen molar-refractivity contribution in [2.75, 3.05) is 10.6 Å². The van der Waals surface area contributed by atoms with Crippen LogP contribution in [0.25, 0.3) is 0 Å². The predicted molar refractivity (Wildman–Crippen MR) is 110 cm³/mol. The van der Waals surface area contributed by atoms with Crippen molar-refractivity contribution in [2.45, 2.75) is 26.2 Å². The fraction of sp³-hybridized carbons (Fsp3) is 0.182. The third kappa shape index (κ3) is 4.51. The summed E-state index contributed by atoms with van der Waals surface area (Å²) in [7, 11) is 0. The third-order valence-electron chi connectivity index (χ3n) is 4.17. The van der Waals surface area contributed by atoms with Gasteiger partial charge in [-0.3, -0.25) is 4.79 Å². The summed E-state index contributed by atoms with van der Waals surface area (Å²) in [5, 5.41) is 14.9. The Hall–Kier alpha value is -3.72. The zero-order chi connectivity index (χ0) is 20.1. The predicted octanol–water partition coefficient (Wildman–Crippen LogP) is 4.64. The molecule has 0 unspecified atom stereocenters. The average molecular weight is 371 g/mol. The molecule has 1 amide bonds. The van der Waals surface area contributed by atoms with E-state index in [1.165, 1.54) is 6.33 Å². The van der Waals surface area contributed by atoms with Crippen molar-refractivity contribution in [2.24, 2.45) is 0 Å². The minimum Gasteiger partial charge on any atom is -0.340 e. The molecular weight excluding hydrogens is 350 g/mol. The van der Waals surface area contributed by atoms with Crippen LogP contribution in [0.5, 0.6) is 0 Å². The summed E-state index contributed by atoms with van der Waals surface area (Å²) in [6, 6.07) is 18.4. The molecule has 0 fully saturated rings. The quantitative estimate of drug-likeness (QED) is 0.697. The van der Waals surface area contributed by atoms with Crippen LogP contribution >= 0.6 is 0 Å². The molecule has 28 heavy (non-hydrogen) atoms. The molecule has 1 heterocycles. The van der Waals surface area contributed by atoms with Crippen molar-refractivity contribution in [3.63, 3.8) is 0 Å². The molecule has 6 heteroatoms. The van der Waals surface area contributed by atoms with Crippen LogP contribution in [-0.2, 0) is 5.41 Å². The van der Waals surface area contributed by atoms with Gasteiger partial charge in [0.25, 0.3) is 5.91 Å². The van der Waals surface area contributed by atoms with Crippen molar-refractivity contribution in [1.29, 1.82) is 5.26 Å². The standard InChI is InChI=1S/C22H21N5O/c1-22(2,3)17-6-4-5-7-18(17)27-21(28)19-12-20(25-14-24-19)26-16-10-8-15(13-23)9-11-16/h4-12,14H,1-3H3,(H,27,28)(H,24,25,26). The second-order valence-corrected chi connectivity index (χ2v) is 7.35. The minimum absolute atomic E-state index is 0.0994. The number of anilines is 3. The van der Waals surface area contributed by atoms with Gasteiger partial charge in [0, 0.05) is 17.4 Å². The summed E-state index contributed by atoms with van der Waals surface area (Å²) in [6.45, 7) is 6.30. The number of nitrogens with zero attached hydrogens (tertiary/aromatic N) is 3. The Labute approximate surface area is 164 Å². The molecule has 3 rings (SSSR count). The smallest absolute Gasteiger partial charge is 0.274 e. The van der Waals surface area contributed by atoms with Crippen LogP contribution in [0.2, 0.25) is 0 Å². The van der Waals surface area contributed by atoms with Gasteiger partial charge in [-0.25, -0.2) is 9.97 Å². The number of para-hydroxylation sites is 1. The second-order valence-electron chi connectivity index (χ2n) is 7.35. The molecule has 0 saturated carbocycles. The van der Waals surface area contributed by atoms with Gasteiger partial charge < -0.3 is 10.6 Å². The molecular formula is C22H21N5O. The normalized spacial score (nSPS) is 10.8. The number of nitriles is 1. The summed E-state index contributed by atoms with van der Waals surface area (Å²) < 4.78 is 0. The molecule has 0 bridgehead atoms. The molecule has 140 valence electrons. The molecule has 0 aliphatic rings. The third-order valence-corrected chi connectivity index (χ3v) is 4.17. The highest BCUT2D eigenvalue weighted by atomic mass is 16.1. The zero-order valence-corrected chi connectivity index (χ0v) is 16.0. The Morgan fingerprint density at radius 1 is 1.04 bits per heavy atom. The van der Waals surface area contributed by atoms with E-state index in [0.717, 1.165) is 16.9 Å². The van der Waals surface area contributed by atoms with Crippen LogP contribution in [-0.4, -0.2) is 15.9 Å². The minimum atomic E-state index is -0.304. The second kappa shape index (κ2) is 7.89. The lowest BCUT2D eigenvalue weighted by molar-refractivity contribution is 0.102. The molecule has 0 radical (unpaired) electrons. The summed E-state index contributed by atoms with van der Waals surface area (Å²) in [4.78, 5) is 21.0. The maximum absolute atomic E-state index is 12.7. The van der Waals surface area contributed by atoms with Crippen molar-refractivity contribution in [3.8, 4) is 6.07 Å². The highest BCUT2D eigenvalue weighted by Gasteiger charge is 2.19. The van der Waals surface area contributed by atoms with Gasteiger partial charge in [-0.15, -0.1) is 0 Å². The number of benzene rings is 2. The monoisotopic (exact) mass is 371 g/mol. The number of amides is 1. The Balaban J connectivity index is 1.79. The Bertz CT molecular complexity index is 1030. The maximum atomic E-state index is 12.7. The molecule has 2 aromatic carbocycles. The van der Waals surface area contributed by atoms with Gasteiger partial charge >= 0.3 is 0 Å². The van der Waals surface area contributed by atoms with E-state index in [9.17, 15) is 4.79 Å². The summed E-state index contributed by atoms with van der Waals surface area (Å²) in [5.74, 6) is 0.191. The molecule has 1 aromatic heterocycles. The number of carbonyl (C=O) groups excluding carboxylic acids is 1. The highest BCUT2D eigenvalue weighted by molar-refractivity contribution is 6.03. The molecule has 0 saturated heterocycles. The van der Waals surface area contributed by atoms with E-state index in [0.29, 0.717) is 11.4 Å². The van der Waals surface area contributed by atoms with Crippen LogP contribution in [0, 0.1) is 11.3 Å². The van der Waals surface area contributed by atoms with Gasteiger partial charge in [0.2, 0.25) is 0 Å².